The van der Waals surface area contributed by atoms with E-state index in [1.165, 1.54) is 23.1 Å². The molecule has 1 aliphatic heterocycles. The fraction of sp³-hybridized carbons (Fsp3) is 0.120. The van der Waals surface area contributed by atoms with Crippen molar-refractivity contribution in [2.75, 3.05) is 6.54 Å². The van der Waals surface area contributed by atoms with E-state index in [4.69, 9.17) is 4.42 Å². The second-order valence-electron chi connectivity index (χ2n) is 7.51. The highest BCUT2D eigenvalue weighted by atomic mass is 19.1. The molecule has 6 heteroatoms. The number of para-hydroxylation sites is 1. The van der Waals surface area contributed by atoms with Crippen molar-refractivity contribution in [1.82, 2.24) is 4.90 Å². The molecule has 154 valence electrons. The van der Waals surface area contributed by atoms with Gasteiger partial charge in [-0.2, -0.15) is 0 Å². The normalized spacial score (nSPS) is 16.5. The number of carbonyl (C=O) groups excluding carboxylic acids is 1. The molecule has 1 aliphatic rings. The quantitative estimate of drug-likeness (QED) is 0.542. The lowest BCUT2D eigenvalue weighted by Gasteiger charge is -2.27. The summed E-state index contributed by atoms with van der Waals surface area (Å²) >= 11 is 0. The van der Waals surface area contributed by atoms with Gasteiger partial charge < -0.3 is 14.4 Å². The Balaban J connectivity index is 1.68. The van der Waals surface area contributed by atoms with Crippen molar-refractivity contribution < 1.29 is 18.7 Å². The molecule has 5 rings (SSSR count). The fourth-order valence-corrected chi connectivity index (χ4v) is 4.15. The van der Waals surface area contributed by atoms with Crippen LogP contribution in [-0.2, 0) is 0 Å². The third-order valence-electron chi connectivity index (χ3n) is 5.59. The molecule has 1 amide bonds. The average molecular weight is 415 g/mol. The molecular weight excluding hydrogens is 397 g/mol. The number of benzene rings is 3. The number of hydrogen-bond acceptors (Lipinski definition) is 4. The van der Waals surface area contributed by atoms with Crippen molar-refractivity contribution in [3.05, 3.63) is 117 Å². The zero-order valence-electron chi connectivity index (χ0n) is 16.4. The molecular formula is C25H18FNO4. The van der Waals surface area contributed by atoms with Crippen LogP contribution in [0.25, 0.3) is 11.0 Å². The smallest absolute Gasteiger partial charge is 0.291 e. The Labute approximate surface area is 177 Å². The molecule has 31 heavy (non-hydrogen) atoms. The molecule has 2 heterocycles. The highest BCUT2D eigenvalue weighted by molar-refractivity contribution is 5.99. The van der Waals surface area contributed by atoms with Crippen LogP contribution in [-0.4, -0.2) is 22.5 Å². The van der Waals surface area contributed by atoms with Gasteiger partial charge in [0.15, 0.2) is 5.43 Å². The molecule has 0 saturated carbocycles. The number of fused-ring (bicyclic) bond motifs is 2. The minimum absolute atomic E-state index is 0.0711. The predicted molar refractivity (Wildman–Crippen MR) is 113 cm³/mol. The lowest BCUT2D eigenvalue weighted by molar-refractivity contribution is 0.0583. The Morgan fingerprint density at radius 2 is 1.71 bits per heavy atom. The summed E-state index contributed by atoms with van der Waals surface area (Å²) in [5.41, 5.74) is 1.21. The van der Waals surface area contributed by atoms with Crippen molar-refractivity contribution in [3.63, 3.8) is 0 Å². The molecule has 3 aromatic carbocycles. The molecule has 0 fully saturated rings. The van der Waals surface area contributed by atoms with E-state index in [9.17, 15) is 19.1 Å². The zero-order chi connectivity index (χ0) is 21.5. The third kappa shape index (κ3) is 3.21. The van der Waals surface area contributed by atoms with Crippen molar-refractivity contribution in [2.24, 2.45) is 0 Å². The van der Waals surface area contributed by atoms with Crippen LogP contribution in [0.4, 0.5) is 4.39 Å². The summed E-state index contributed by atoms with van der Waals surface area (Å²) in [6, 6.07) is 20.6. The van der Waals surface area contributed by atoms with Gasteiger partial charge in [0, 0.05) is 0 Å². The van der Waals surface area contributed by atoms with E-state index < -0.39 is 23.9 Å². The van der Waals surface area contributed by atoms with Crippen LogP contribution < -0.4 is 5.43 Å². The first-order valence-electron chi connectivity index (χ1n) is 9.90. The molecule has 0 spiro atoms. The second-order valence-corrected chi connectivity index (χ2v) is 7.51. The van der Waals surface area contributed by atoms with Gasteiger partial charge in [-0.3, -0.25) is 9.59 Å². The summed E-state index contributed by atoms with van der Waals surface area (Å²) in [4.78, 5) is 28.0. The van der Waals surface area contributed by atoms with Crippen LogP contribution in [0, 0.1) is 5.82 Å². The Hall–Kier alpha value is -3.77. The Bertz CT molecular complexity index is 1350. The van der Waals surface area contributed by atoms with Gasteiger partial charge in [0.1, 0.15) is 11.4 Å². The van der Waals surface area contributed by atoms with Crippen LogP contribution in [0.3, 0.4) is 0 Å². The minimum Gasteiger partial charge on any atom is -0.450 e. The molecule has 0 radical (unpaired) electrons. The van der Waals surface area contributed by atoms with Gasteiger partial charge in [-0.15, -0.1) is 0 Å². The first-order chi connectivity index (χ1) is 15.0. The third-order valence-corrected chi connectivity index (χ3v) is 5.59. The van der Waals surface area contributed by atoms with Crippen LogP contribution in [0.5, 0.6) is 0 Å². The number of aliphatic hydroxyl groups excluding tert-OH is 1. The maximum Gasteiger partial charge on any atom is 0.291 e. The van der Waals surface area contributed by atoms with E-state index in [1.807, 2.05) is 6.07 Å². The van der Waals surface area contributed by atoms with Gasteiger partial charge in [0.05, 0.1) is 29.6 Å². The van der Waals surface area contributed by atoms with Gasteiger partial charge in [-0.1, -0.05) is 54.6 Å². The molecule has 1 N–H and O–H groups in total. The number of halogens is 1. The van der Waals surface area contributed by atoms with Crippen LogP contribution >= 0.6 is 0 Å². The van der Waals surface area contributed by atoms with Crippen molar-refractivity contribution in [2.45, 2.75) is 12.1 Å². The molecule has 0 aliphatic carbocycles. The Kier molecular flexibility index (Phi) is 4.64. The monoisotopic (exact) mass is 415 g/mol. The number of aliphatic hydroxyl groups is 1. The van der Waals surface area contributed by atoms with Gasteiger partial charge in [0.25, 0.3) is 5.91 Å². The zero-order valence-corrected chi connectivity index (χ0v) is 16.4. The summed E-state index contributed by atoms with van der Waals surface area (Å²) < 4.78 is 19.9. The minimum atomic E-state index is -0.986. The molecule has 0 saturated heterocycles. The number of hydrogen-bond donors (Lipinski definition) is 1. The largest absolute Gasteiger partial charge is 0.450 e. The maximum atomic E-state index is 14.0. The molecule has 0 unspecified atom stereocenters. The molecule has 5 nitrogen and oxygen atoms in total. The molecule has 2 atom stereocenters. The summed E-state index contributed by atoms with van der Waals surface area (Å²) in [6.07, 6.45) is -0.986. The highest BCUT2D eigenvalue weighted by Gasteiger charge is 2.43. The first-order valence-corrected chi connectivity index (χ1v) is 9.90. The van der Waals surface area contributed by atoms with Crippen molar-refractivity contribution >= 4 is 16.9 Å². The number of rotatable bonds is 4. The van der Waals surface area contributed by atoms with Gasteiger partial charge >= 0.3 is 0 Å². The van der Waals surface area contributed by atoms with E-state index in [1.54, 1.807) is 54.6 Å². The highest BCUT2D eigenvalue weighted by Crippen LogP contribution is 2.39. The topological polar surface area (TPSA) is 70.8 Å². The van der Waals surface area contributed by atoms with Crippen molar-refractivity contribution in [1.29, 1.82) is 0 Å². The number of nitrogens with zero attached hydrogens (tertiary/aromatic N) is 1. The van der Waals surface area contributed by atoms with E-state index >= 15 is 0 Å². The second kappa shape index (κ2) is 7.49. The van der Waals surface area contributed by atoms with Gasteiger partial charge in [-0.05, 0) is 35.4 Å². The van der Waals surface area contributed by atoms with E-state index in [0.29, 0.717) is 22.1 Å². The van der Waals surface area contributed by atoms with Gasteiger partial charge in [-0.25, -0.2) is 4.39 Å². The molecule has 1 aromatic heterocycles. The summed E-state index contributed by atoms with van der Waals surface area (Å²) in [6.45, 7) is -0.0794. The molecule has 0 bridgehead atoms. The molecule has 4 aromatic rings. The van der Waals surface area contributed by atoms with Crippen LogP contribution in [0.1, 0.15) is 39.4 Å². The van der Waals surface area contributed by atoms with E-state index in [2.05, 4.69) is 0 Å². The lowest BCUT2D eigenvalue weighted by Crippen LogP contribution is -2.33. The van der Waals surface area contributed by atoms with E-state index in [0.717, 1.165) is 0 Å². The maximum absolute atomic E-state index is 14.0. The van der Waals surface area contributed by atoms with E-state index in [-0.39, 0.29) is 23.3 Å². The lowest BCUT2D eigenvalue weighted by atomic mass is 9.98. The van der Waals surface area contributed by atoms with Crippen LogP contribution in [0.2, 0.25) is 0 Å². The summed E-state index contributed by atoms with van der Waals surface area (Å²) in [5.74, 6) is -1.06. The number of β-amino-alcohol motifs (C(OH)–C–C–N with tert-alkyl or cyclic N) is 1. The van der Waals surface area contributed by atoms with Crippen LogP contribution in [0.15, 0.2) is 88.1 Å². The Morgan fingerprint density at radius 1 is 0.968 bits per heavy atom. The number of amides is 1. The predicted octanol–water partition coefficient (Wildman–Crippen LogP) is 4.21. The van der Waals surface area contributed by atoms with Crippen molar-refractivity contribution in [3.8, 4) is 0 Å². The standard InChI is InChI=1S/C25H18FNO4/c26-17-10-6-9-16(13-17)22-21-23(29)18-11-4-5-12-20(18)31-24(21)25(30)27(22)14-19(28)15-7-2-1-3-8-15/h1-13,19,22,28H,14H2/t19-,22+/m1/s1. The fourth-order valence-electron chi connectivity index (χ4n) is 4.15. The van der Waals surface area contributed by atoms with Gasteiger partial charge in [0.2, 0.25) is 5.76 Å². The average Bonchev–Trinajstić information content (AvgIpc) is 3.06. The Morgan fingerprint density at radius 3 is 2.48 bits per heavy atom. The first kappa shape index (κ1) is 19.2. The summed E-state index contributed by atoms with van der Waals surface area (Å²) in [5, 5.41) is 11.1. The SMILES string of the molecule is O=C1c2oc3ccccc3c(=O)c2[C@H](c2cccc(F)c2)N1C[C@@H](O)c1ccccc1. The number of carbonyl (C=O) groups is 1. The summed E-state index contributed by atoms with van der Waals surface area (Å²) in [7, 11) is 0.